The van der Waals surface area contributed by atoms with Gasteiger partial charge in [-0.1, -0.05) is 12.1 Å². The number of nitrogens with zero attached hydrogens (tertiary/aromatic N) is 9. The van der Waals surface area contributed by atoms with Crippen LogP contribution in [0.5, 0.6) is 0 Å². The number of rotatable bonds is 5. The highest BCUT2D eigenvalue weighted by Crippen LogP contribution is 2.30. The molecule has 0 unspecified atom stereocenters. The van der Waals surface area contributed by atoms with Crippen LogP contribution in [0.4, 0.5) is 11.6 Å². The molecule has 1 fully saturated rings. The molecule has 0 spiro atoms. The number of piperazine rings is 1. The number of nitriles is 1. The molecule has 0 radical (unpaired) electrons. The molecule has 5 aromatic rings. The fourth-order valence-corrected chi connectivity index (χ4v) is 4.67. The third-order valence-corrected chi connectivity index (χ3v) is 6.53. The van der Waals surface area contributed by atoms with E-state index < -0.39 is 0 Å². The molecule has 0 bridgehead atoms. The first-order valence-electron chi connectivity index (χ1n) is 12.0. The third kappa shape index (κ3) is 4.44. The summed E-state index contributed by atoms with van der Waals surface area (Å²) in [7, 11) is 0. The number of benzene rings is 1. The molecule has 1 aliphatic heterocycles. The number of nitrogen functional groups attached to an aromatic ring is 1. The number of aromatic nitrogens is 6. The molecule has 2 N–H and O–H groups in total. The van der Waals surface area contributed by atoms with Crippen molar-refractivity contribution in [2.24, 2.45) is 0 Å². The normalized spacial score (nSPS) is 14.1. The zero-order chi connectivity index (χ0) is 25.2. The Bertz CT molecular complexity index is 1590. The third-order valence-electron chi connectivity index (χ3n) is 6.53. The molecule has 0 atom stereocenters. The minimum absolute atomic E-state index is 0.204. The molecule has 5 heterocycles. The van der Waals surface area contributed by atoms with Gasteiger partial charge in [-0.3, -0.25) is 9.47 Å². The summed E-state index contributed by atoms with van der Waals surface area (Å²) >= 11 is 0. The Hall–Kier alpha value is -4.88. The molecular formula is C27H24N10. The van der Waals surface area contributed by atoms with Crippen molar-refractivity contribution in [1.29, 1.82) is 5.26 Å². The van der Waals surface area contributed by atoms with Crippen molar-refractivity contribution in [3.8, 4) is 23.1 Å². The van der Waals surface area contributed by atoms with Crippen molar-refractivity contribution in [2.75, 3.05) is 36.8 Å². The summed E-state index contributed by atoms with van der Waals surface area (Å²) in [5.41, 5.74) is 10.7. The molecule has 1 saturated heterocycles. The molecule has 37 heavy (non-hydrogen) atoms. The van der Waals surface area contributed by atoms with E-state index in [1.165, 1.54) is 5.56 Å². The van der Waals surface area contributed by atoms with Crippen LogP contribution >= 0.6 is 0 Å². The standard InChI is InChI=1S/C27H24N10/c28-17-23-30-12-9-24(34-23)36-15-13-35(14-16-36)18-19-5-7-20(8-6-19)37-26(21-3-1-10-31-25(21)29)33-22-4-2-11-32-27(22)37/h1-12H,13-16,18H2,(H2,29,31). The van der Waals surface area contributed by atoms with Gasteiger partial charge in [-0.15, -0.1) is 0 Å². The Labute approximate surface area is 213 Å². The molecule has 182 valence electrons. The highest BCUT2D eigenvalue weighted by atomic mass is 15.3. The van der Waals surface area contributed by atoms with Crippen LogP contribution < -0.4 is 10.6 Å². The van der Waals surface area contributed by atoms with Crippen LogP contribution in [0.25, 0.3) is 28.2 Å². The maximum absolute atomic E-state index is 9.07. The number of hydrogen-bond acceptors (Lipinski definition) is 9. The topological polar surface area (TPSA) is 126 Å². The predicted octanol–water partition coefficient (Wildman–Crippen LogP) is 3.05. The van der Waals surface area contributed by atoms with Gasteiger partial charge in [0.05, 0.1) is 5.56 Å². The Kier molecular flexibility index (Phi) is 5.88. The van der Waals surface area contributed by atoms with E-state index in [2.05, 4.69) is 54.0 Å². The first-order chi connectivity index (χ1) is 18.2. The summed E-state index contributed by atoms with van der Waals surface area (Å²) in [5.74, 6) is 2.16. The first-order valence-corrected chi connectivity index (χ1v) is 12.0. The highest BCUT2D eigenvalue weighted by molar-refractivity contribution is 5.82. The molecule has 0 saturated carbocycles. The summed E-state index contributed by atoms with van der Waals surface area (Å²) in [4.78, 5) is 26.6. The Morgan fingerprint density at radius 1 is 0.838 bits per heavy atom. The maximum Gasteiger partial charge on any atom is 0.234 e. The second kappa shape index (κ2) is 9.64. The van der Waals surface area contributed by atoms with E-state index >= 15 is 0 Å². The van der Waals surface area contributed by atoms with Crippen LogP contribution in [0.2, 0.25) is 0 Å². The van der Waals surface area contributed by atoms with E-state index in [1.807, 2.05) is 41.0 Å². The fraction of sp³-hybridized carbons (Fsp3) is 0.185. The zero-order valence-corrected chi connectivity index (χ0v) is 20.1. The summed E-state index contributed by atoms with van der Waals surface area (Å²) in [6, 6.07) is 20.0. The van der Waals surface area contributed by atoms with Gasteiger partial charge in [-0.25, -0.2) is 24.9 Å². The molecule has 10 nitrogen and oxygen atoms in total. The molecular weight excluding hydrogens is 464 g/mol. The van der Waals surface area contributed by atoms with E-state index in [-0.39, 0.29) is 5.82 Å². The molecule has 0 amide bonds. The van der Waals surface area contributed by atoms with Crippen molar-refractivity contribution < 1.29 is 0 Å². The summed E-state index contributed by atoms with van der Waals surface area (Å²) in [5, 5.41) is 9.07. The average Bonchev–Trinajstić information content (AvgIpc) is 3.33. The second-order valence-electron chi connectivity index (χ2n) is 8.83. The van der Waals surface area contributed by atoms with Crippen LogP contribution in [0.3, 0.4) is 0 Å². The van der Waals surface area contributed by atoms with Crippen molar-refractivity contribution in [2.45, 2.75) is 6.54 Å². The van der Waals surface area contributed by atoms with Crippen molar-refractivity contribution >= 4 is 22.8 Å². The number of nitrogens with two attached hydrogens (primary N) is 1. The van der Waals surface area contributed by atoms with Gasteiger partial charge in [0.25, 0.3) is 0 Å². The molecule has 1 aromatic carbocycles. The number of anilines is 2. The lowest BCUT2D eigenvalue weighted by Crippen LogP contribution is -2.46. The molecule has 1 aliphatic rings. The molecule has 6 rings (SSSR count). The minimum atomic E-state index is 0.204. The molecule has 0 aliphatic carbocycles. The van der Waals surface area contributed by atoms with Gasteiger partial charge in [0, 0.05) is 57.0 Å². The number of hydrogen-bond donors (Lipinski definition) is 1. The minimum Gasteiger partial charge on any atom is -0.383 e. The fourth-order valence-electron chi connectivity index (χ4n) is 4.67. The van der Waals surface area contributed by atoms with Gasteiger partial charge in [-0.05, 0) is 48.0 Å². The van der Waals surface area contributed by atoms with Gasteiger partial charge in [-0.2, -0.15) is 5.26 Å². The lowest BCUT2D eigenvalue weighted by Gasteiger charge is -2.35. The summed E-state index contributed by atoms with van der Waals surface area (Å²) in [6.07, 6.45) is 5.09. The number of fused-ring (bicyclic) bond motifs is 1. The molecule has 10 heteroatoms. The average molecular weight is 489 g/mol. The van der Waals surface area contributed by atoms with Crippen LogP contribution in [0.1, 0.15) is 11.4 Å². The van der Waals surface area contributed by atoms with Gasteiger partial charge in [0.15, 0.2) is 11.5 Å². The predicted molar refractivity (Wildman–Crippen MR) is 141 cm³/mol. The van der Waals surface area contributed by atoms with E-state index in [0.717, 1.165) is 61.0 Å². The monoisotopic (exact) mass is 488 g/mol. The van der Waals surface area contributed by atoms with Gasteiger partial charge in [0.1, 0.15) is 23.2 Å². The first kappa shape index (κ1) is 22.6. The van der Waals surface area contributed by atoms with Crippen molar-refractivity contribution in [3.05, 3.63) is 84.6 Å². The summed E-state index contributed by atoms with van der Waals surface area (Å²) in [6.45, 7) is 4.38. The Morgan fingerprint density at radius 3 is 2.41 bits per heavy atom. The number of imidazole rings is 1. The van der Waals surface area contributed by atoms with Gasteiger partial charge in [0.2, 0.25) is 5.82 Å². The van der Waals surface area contributed by atoms with E-state index in [0.29, 0.717) is 11.6 Å². The second-order valence-corrected chi connectivity index (χ2v) is 8.83. The quantitative estimate of drug-likeness (QED) is 0.397. The lowest BCUT2D eigenvalue weighted by atomic mass is 10.1. The lowest BCUT2D eigenvalue weighted by molar-refractivity contribution is 0.249. The Morgan fingerprint density at radius 2 is 1.62 bits per heavy atom. The van der Waals surface area contributed by atoms with Crippen LogP contribution in [0.15, 0.2) is 73.2 Å². The van der Waals surface area contributed by atoms with Crippen molar-refractivity contribution in [1.82, 2.24) is 34.4 Å². The van der Waals surface area contributed by atoms with Crippen LogP contribution in [0, 0.1) is 11.3 Å². The summed E-state index contributed by atoms with van der Waals surface area (Å²) < 4.78 is 2.03. The van der Waals surface area contributed by atoms with E-state index in [4.69, 9.17) is 16.0 Å². The Balaban J connectivity index is 1.21. The highest BCUT2D eigenvalue weighted by Gasteiger charge is 2.20. The van der Waals surface area contributed by atoms with Crippen LogP contribution in [-0.4, -0.2) is 60.6 Å². The van der Waals surface area contributed by atoms with Gasteiger partial charge >= 0.3 is 0 Å². The zero-order valence-electron chi connectivity index (χ0n) is 20.1. The maximum atomic E-state index is 9.07. The van der Waals surface area contributed by atoms with Crippen molar-refractivity contribution in [3.63, 3.8) is 0 Å². The number of pyridine rings is 2. The smallest absolute Gasteiger partial charge is 0.234 e. The van der Waals surface area contributed by atoms with Crippen LogP contribution in [-0.2, 0) is 6.54 Å². The van der Waals surface area contributed by atoms with Gasteiger partial charge < -0.3 is 10.6 Å². The van der Waals surface area contributed by atoms with E-state index in [9.17, 15) is 0 Å². The van der Waals surface area contributed by atoms with E-state index in [1.54, 1.807) is 18.6 Å². The molecule has 4 aromatic heterocycles. The SMILES string of the molecule is N#Cc1nccc(N2CCN(Cc3ccc(-n4c(-c5cccnc5N)nc5cccnc54)cc3)CC2)n1. The largest absolute Gasteiger partial charge is 0.383 e.